The van der Waals surface area contributed by atoms with Crippen LogP contribution in [0, 0.1) is 0 Å². The quantitative estimate of drug-likeness (QED) is 0.424. The van der Waals surface area contributed by atoms with Gasteiger partial charge in [-0.1, -0.05) is 42.5 Å². The van der Waals surface area contributed by atoms with Crippen molar-refractivity contribution in [2.45, 2.75) is 36.5 Å². The third kappa shape index (κ3) is 2.92. The van der Waals surface area contributed by atoms with Crippen LogP contribution in [0.5, 0.6) is 23.0 Å². The van der Waals surface area contributed by atoms with Gasteiger partial charge >= 0.3 is 0 Å². The lowest BCUT2D eigenvalue weighted by atomic mass is 9.70. The Balaban J connectivity index is 1.65. The summed E-state index contributed by atoms with van der Waals surface area (Å²) in [7, 11) is 4.72. The van der Waals surface area contributed by atoms with Gasteiger partial charge in [0.25, 0.3) is 5.56 Å². The molecule has 8 nitrogen and oxygen atoms in total. The van der Waals surface area contributed by atoms with Crippen molar-refractivity contribution in [3.63, 3.8) is 0 Å². The number of fused-ring (bicyclic) bond motifs is 6. The van der Waals surface area contributed by atoms with Gasteiger partial charge in [-0.3, -0.25) is 9.36 Å². The Morgan fingerprint density at radius 2 is 1.72 bits per heavy atom. The minimum Gasteiger partial charge on any atom is -0.497 e. The van der Waals surface area contributed by atoms with Crippen LogP contribution in [0.15, 0.2) is 71.5 Å². The molecule has 3 heterocycles. The molecule has 8 heteroatoms. The first-order valence-corrected chi connectivity index (χ1v) is 13.0. The van der Waals surface area contributed by atoms with Crippen LogP contribution in [0.2, 0.25) is 0 Å². The second-order valence-electron chi connectivity index (χ2n) is 10.2. The van der Waals surface area contributed by atoms with Crippen LogP contribution >= 0.6 is 0 Å². The van der Waals surface area contributed by atoms with Crippen molar-refractivity contribution in [2.75, 3.05) is 21.3 Å². The highest BCUT2D eigenvalue weighted by molar-refractivity contribution is 5.68. The average molecular weight is 525 g/mol. The Labute approximate surface area is 225 Å². The van der Waals surface area contributed by atoms with Gasteiger partial charge in [0, 0.05) is 30.7 Å². The third-order valence-corrected chi connectivity index (χ3v) is 8.42. The van der Waals surface area contributed by atoms with Crippen molar-refractivity contribution in [3.8, 4) is 23.0 Å². The van der Waals surface area contributed by atoms with E-state index in [4.69, 9.17) is 23.9 Å². The number of hydrogen-bond donors (Lipinski definition) is 1. The normalized spacial score (nSPS) is 23.8. The molecule has 1 N–H and O–H groups in total. The molecule has 1 aromatic heterocycles. The number of rotatable bonds is 5. The standard InChI is InChI=1S/C31H28N2O6/c1-36-20-13-11-19(12-14-20)31-26(18-8-5-4-6-9-18)25-28(32-24-10-7-15-33(24)29(25)34)30(31,35)27-22(38-3)16-21(37-2)17-23(27)39-31/h4-6,8-9,11-14,16-17,26,35H,7,10,15H2,1-3H3/t26?,30-,31-/m0/s1. The second-order valence-corrected chi connectivity index (χ2v) is 10.2. The maximum absolute atomic E-state index is 14.2. The largest absolute Gasteiger partial charge is 0.497 e. The van der Waals surface area contributed by atoms with Crippen molar-refractivity contribution in [1.82, 2.24) is 9.55 Å². The van der Waals surface area contributed by atoms with Crippen molar-refractivity contribution >= 4 is 0 Å². The summed E-state index contributed by atoms with van der Waals surface area (Å²) in [5, 5.41) is 13.2. The Morgan fingerprint density at radius 3 is 2.41 bits per heavy atom. The van der Waals surface area contributed by atoms with Gasteiger partial charge in [-0.25, -0.2) is 4.98 Å². The molecule has 2 aliphatic heterocycles. The summed E-state index contributed by atoms with van der Waals surface area (Å²) in [5.41, 5.74) is -0.762. The predicted molar refractivity (Wildman–Crippen MR) is 143 cm³/mol. The van der Waals surface area contributed by atoms with Gasteiger partial charge in [0.15, 0.2) is 11.2 Å². The zero-order valence-corrected chi connectivity index (χ0v) is 21.9. The second kappa shape index (κ2) is 8.35. The Kier molecular flexibility index (Phi) is 5.09. The first-order valence-electron chi connectivity index (χ1n) is 13.0. The number of benzene rings is 3. The van der Waals surface area contributed by atoms with E-state index >= 15 is 0 Å². The van der Waals surface area contributed by atoms with Gasteiger partial charge in [-0.2, -0.15) is 0 Å². The molecule has 4 aromatic rings. The van der Waals surface area contributed by atoms with Gasteiger partial charge in [0.05, 0.1) is 44.1 Å². The monoisotopic (exact) mass is 524 g/mol. The lowest BCUT2D eigenvalue weighted by Crippen LogP contribution is -2.49. The van der Waals surface area contributed by atoms with Crippen molar-refractivity contribution in [2.24, 2.45) is 0 Å². The highest BCUT2D eigenvalue weighted by Crippen LogP contribution is 2.69. The van der Waals surface area contributed by atoms with Crippen molar-refractivity contribution in [3.05, 3.63) is 111 Å². The molecule has 39 heavy (non-hydrogen) atoms. The molecule has 0 amide bonds. The van der Waals surface area contributed by atoms with E-state index in [2.05, 4.69) is 0 Å². The fourth-order valence-electron chi connectivity index (χ4n) is 6.77. The Bertz CT molecular complexity index is 1670. The SMILES string of the molecule is COc1ccc([C@@]23Oc4cc(OC)cc(OC)c4[C@]2(O)c2nc4n(c(=O)c2C3c2ccccc2)CCC4)cc1. The molecule has 0 saturated heterocycles. The average Bonchev–Trinajstić information content (AvgIpc) is 3.62. The molecule has 3 aliphatic rings. The van der Waals surface area contributed by atoms with Gasteiger partial charge in [-0.05, 0) is 24.1 Å². The highest BCUT2D eigenvalue weighted by Gasteiger charge is 2.74. The van der Waals surface area contributed by atoms with E-state index < -0.39 is 17.1 Å². The Morgan fingerprint density at radius 1 is 0.974 bits per heavy atom. The summed E-state index contributed by atoms with van der Waals surface area (Å²) in [6.45, 7) is 0.599. The Hall–Kier alpha value is -4.30. The zero-order valence-electron chi connectivity index (χ0n) is 21.9. The molecule has 1 unspecified atom stereocenters. The van der Waals surface area contributed by atoms with E-state index in [0.717, 1.165) is 12.0 Å². The first-order chi connectivity index (χ1) is 19.0. The molecule has 0 bridgehead atoms. The van der Waals surface area contributed by atoms with Crippen LogP contribution in [0.3, 0.4) is 0 Å². The van der Waals surface area contributed by atoms with Crippen LogP contribution in [0.4, 0.5) is 0 Å². The molecule has 0 radical (unpaired) electrons. The number of methoxy groups -OCH3 is 3. The number of aromatic nitrogens is 2. The molecule has 1 aliphatic carbocycles. The summed E-state index contributed by atoms with van der Waals surface area (Å²) in [6, 6.07) is 20.6. The summed E-state index contributed by atoms with van der Waals surface area (Å²) in [6.07, 6.45) is 1.49. The first kappa shape index (κ1) is 23.8. The number of hydrogen-bond acceptors (Lipinski definition) is 7. The van der Waals surface area contributed by atoms with Crippen LogP contribution in [0.1, 0.15) is 46.1 Å². The summed E-state index contributed by atoms with van der Waals surface area (Å²) >= 11 is 0. The van der Waals surface area contributed by atoms with Crippen LogP contribution in [-0.4, -0.2) is 36.0 Å². The smallest absolute Gasteiger partial charge is 0.257 e. The van der Waals surface area contributed by atoms with Crippen LogP contribution in [0.25, 0.3) is 0 Å². The molecule has 3 aromatic carbocycles. The molecular weight excluding hydrogens is 496 g/mol. The summed E-state index contributed by atoms with van der Waals surface area (Å²) in [5.74, 6) is 2.00. The number of aliphatic hydroxyl groups is 1. The van der Waals surface area contributed by atoms with Crippen LogP contribution in [-0.2, 0) is 24.2 Å². The van der Waals surface area contributed by atoms with Crippen molar-refractivity contribution < 1.29 is 24.1 Å². The minimum atomic E-state index is -1.85. The van der Waals surface area contributed by atoms with E-state index in [0.29, 0.717) is 64.2 Å². The fraction of sp³-hybridized carbons (Fsp3) is 0.290. The number of nitrogens with zero attached hydrogens (tertiary/aromatic N) is 2. The highest BCUT2D eigenvalue weighted by atomic mass is 16.5. The lowest BCUT2D eigenvalue weighted by molar-refractivity contribution is -0.0910. The van der Waals surface area contributed by atoms with Crippen LogP contribution < -0.4 is 24.5 Å². The van der Waals surface area contributed by atoms with E-state index in [1.54, 1.807) is 38.0 Å². The van der Waals surface area contributed by atoms with E-state index in [1.807, 2.05) is 54.6 Å². The fourth-order valence-corrected chi connectivity index (χ4v) is 6.77. The van der Waals surface area contributed by atoms with E-state index in [9.17, 15) is 9.90 Å². The van der Waals surface area contributed by atoms with Crippen molar-refractivity contribution in [1.29, 1.82) is 0 Å². The predicted octanol–water partition coefficient (Wildman–Crippen LogP) is 3.88. The van der Waals surface area contributed by atoms with Gasteiger partial charge in [-0.15, -0.1) is 0 Å². The third-order valence-electron chi connectivity index (χ3n) is 8.42. The lowest BCUT2D eigenvalue weighted by Gasteiger charge is -2.40. The summed E-state index contributed by atoms with van der Waals surface area (Å²) in [4.78, 5) is 19.3. The molecule has 0 spiro atoms. The number of ether oxygens (including phenoxy) is 4. The molecule has 3 atom stereocenters. The maximum atomic E-state index is 14.2. The topological polar surface area (TPSA) is 92.0 Å². The molecule has 0 fully saturated rings. The minimum absolute atomic E-state index is 0.144. The zero-order chi connectivity index (χ0) is 26.9. The molecule has 198 valence electrons. The van der Waals surface area contributed by atoms with Gasteiger partial charge in [0.1, 0.15) is 28.8 Å². The maximum Gasteiger partial charge on any atom is 0.257 e. The molecular formula is C31H28N2O6. The number of aryl methyl sites for hydroxylation is 1. The summed E-state index contributed by atoms with van der Waals surface area (Å²) < 4.78 is 25.5. The molecule has 0 saturated carbocycles. The van der Waals surface area contributed by atoms with Gasteiger partial charge in [0.2, 0.25) is 0 Å². The van der Waals surface area contributed by atoms with Gasteiger partial charge < -0.3 is 24.1 Å². The molecule has 7 rings (SSSR count). The van der Waals surface area contributed by atoms with E-state index in [-0.39, 0.29) is 5.56 Å². The van der Waals surface area contributed by atoms with E-state index in [1.165, 1.54) is 0 Å².